The Kier molecular flexibility index (Phi) is 3.63. The number of carboxylic acids is 1. The number of hydrogen-bond acceptors (Lipinski definition) is 6. The van der Waals surface area contributed by atoms with Crippen molar-refractivity contribution in [3.8, 4) is 5.75 Å². The number of nitrogens with one attached hydrogen (secondary N) is 1. The average Bonchev–Trinajstić information content (AvgIpc) is 2.95. The van der Waals surface area contributed by atoms with Crippen LogP contribution >= 0.6 is 0 Å². The van der Waals surface area contributed by atoms with Crippen LogP contribution in [0.1, 0.15) is 15.9 Å². The molecule has 3 rings (SSSR count). The molecule has 0 atom stereocenters. The molecule has 2 aromatic rings. The van der Waals surface area contributed by atoms with Crippen molar-refractivity contribution in [1.82, 2.24) is 0 Å². The first-order valence-electron chi connectivity index (χ1n) is 6.63. The normalized spacial score (nSPS) is 14.2. The molecule has 0 fully saturated rings. The van der Waals surface area contributed by atoms with Crippen molar-refractivity contribution in [1.29, 1.82) is 0 Å². The van der Waals surface area contributed by atoms with Gasteiger partial charge in [0.1, 0.15) is 18.1 Å². The number of carbonyl (C=O) groups is 1. The van der Waals surface area contributed by atoms with E-state index in [2.05, 4.69) is 10.5 Å². The summed E-state index contributed by atoms with van der Waals surface area (Å²) in [6.45, 7) is 0.152. The Morgan fingerprint density at radius 2 is 2.09 bits per heavy atom. The first-order chi connectivity index (χ1) is 11.1. The number of nitro groups is 1. The summed E-state index contributed by atoms with van der Waals surface area (Å²) in [5.74, 6) is -0.574. The van der Waals surface area contributed by atoms with Crippen molar-refractivity contribution in [2.45, 2.75) is 0 Å². The molecule has 0 aromatic heterocycles. The summed E-state index contributed by atoms with van der Waals surface area (Å²) in [7, 11) is 0. The van der Waals surface area contributed by atoms with Crippen LogP contribution in [0.5, 0.6) is 5.75 Å². The van der Waals surface area contributed by atoms with Crippen molar-refractivity contribution < 1.29 is 19.6 Å². The summed E-state index contributed by atoms with van der Waals surface area (Å²) >= 11 is 0. The number of aromatic carboxylic acids is 1. The predicted octanol–water partition coefficient (Wildman–Crippen LogP) is 2.50. The number of benzene rings is 2. The molecular formula is C15H11N3O5. The molecule has 0 bridgehead atoms. The molecule has 8 nitrogen and oxygen atoms in total. The maximum absolute atomic E-state index is 11.1. The van der Waals surface area contributed by atoms with Crippen LogP contribution in [0.25, 0.3) is 0 Å². The third-order valence-corrected chi connectivity index (χ3v) is 3.32. The maximum atomic E-state index is 11.1. The molecule has 0 amide bonds. The first kappa shape index (κ1) is 14.5. The maximum Gasteiger partial charge on any atom is 0.337 e. The van der Waals surface area contributed by atoms with E-state index in [1.54, 1.807) is 18.2 Å². The third kappa shape index (κ3) is 2.82. The van der Waals surface area contributed by atoms with Gasteiger partial charge in [-0.2, -0.15) is 5.10 Å². The monoisotopic (exact) mass is 313 g/mol. The highest BCUT2D eigenvalue weighted by atomic mass is 16.6. The largest absolute Gasteiger partial charge is 0.486 e. The Labute approximate surface area is 130 Å². The topological polar surface area (TPSA) is 114 Å². The van der Waals surface area contributed by atoms with Gasteiger partial charge in [-0.3, -0.25) is 15.5 Å². The summed E-state index contributed by atoms with van der Waals surface area (Å²) in [5.41, 5.74) is 4.00. The number of ether oxygens (including phenoxy) is 1. The van der Waals surface area contributed by atoms with Gasteiger partial charge in [0.25, 0.3) is 5.69 Å². The number of para-hydroxylation sites is 1. The van der Waals surface area contributed by atoms with Gasteiger partial charge in [0.05, 0.1) is 21.7 Å². The Morgan fingerprint density at radius 3 is 2.83 bits per heavy atom. The second kappa shape index (κ2) is 5.76. The fourth-order valence-electron chi connectivity index (χ4n) is 2.19. The number of non-ortho nitro benzene ring substituents is 1. The number of nitrogens with zero attached hydrogens (tertiary/aromatic N) is 2. The van der Waals surface area contributed by atoms with Crippen LogP contribution in [0.4, 0.5) is 11.4 Å². The Balaban J connectivity index is 1.91. The minimum atomic E-state index is -1.08. The van der Waals surface area contributed by atoms with Crippen LogP contribution in [0.15, 0.2) is 47.6 Å². The minimum Gasteiger partial charge on any atom is -0.486 e. The summed E-state index contributed by atoms with van der Waals surface area (Å²) in [6.07, 6.45) is 0. The molecule has 1 aliphatic rings. The molecule has 2 N–H and O–H groups in total. The average molecular weight is 313 g/mol. The second-order valence-electron chi connectivity index (χ2n) is 4.75. The Bertz CT molecular complexity index is 832. The van der Waals surface area contributed by atoms with Gasteiger partial charge in [0.15, 0.2) is 0 Å². The highest BCUT2D eigenvalue weighted by Crippen LogP contribution is 2.29. The SMILES string of the molecule is O=C(O)c1ccccc1N/N=C1\COc2ccc([N+](=O)[O-])cc21. The van der Waals surface area contributed by atoms with Crippen LogP contribution in [0.2, 0.25) is 0 Å². The van der Waals surface area contributed by atoms with Crippen LogP contribution in [-0.4, -0.2) is 28.3 Å². The number of carboxylic acid groups (broad SMARTS) is 1. The number of anilines is 1. The van der Waals surface area contributed by atoms with E-state index < -0.39 is 10.9 Å². The zero-order chi connectivity index (χ0) is 16.4. The van der Waals surface area contributed by atoms with Crippen molar-refractivity contribution in [2.24, 2.45) is 5.10 Å². The van der Waals surface area contributed by atoms with Gasteiger partial charge >= 0.3 is 5.97 Å². The Hall–Kier alpha value is -3.42. The molecule has 0 radical (unpaired) electrons. The lowest BCUT2D eigenvalue weighted by Crippen LogP contribution is -2.08. The van der Waals surface area contributed by atoms with E-state index in [0.29, 0.717) is 22.7 Å². The zero-order valence-corrected chi connectivity index (χ0v) is 11.7. The smallest absolute Gasteiger partial charge is 0.337 e. The molecule has 0 saturated heterocycles. The molecule has 0 spiro atoms. The van der Waals surface area contributed by atoms with Crippen molar-refractivity contribution in [2.75, 3.05) is 12.0 Å². The number of rotatable bonds is 4. The van der Waals surface area contributed by atoms with Crippen molar-refractivity contribution in [3.05, 3.63) is 63.7 Å². The van der Waals surface area contributed by atoms with Gasteiger partial charge in [-0.05, 0) is 18.2 Å². The lowest BCUT2D eigenvalue weighted by atomic mass is 10.1. The zero-order valence-electron chi connectivity index (χ0n) is 11.7. The van der Waals surface area contributed by atoms with Crippen molar-refractivity contribution in [3.63, 3.8) is 0 Å². The first-order valence-corrected chi connectivity index (χ1v) is 6.63. The molecule has 1 heterocycles. The Morgan fingerprint density at radius 1 is 1.30 bits per heavy atom. The second-order valence-corrected chi connectivity index (χ2v) is 4.75. The van der Waals surface area contributed by atoms with E-state index in [1.807, 2.05) is 0 Å². The molecule has 0 aliphatic carbocycles. The number of hydrazone groups is 1. The number of hydrogen-bond donors (Lipinski definition) is 2. The third-order valence-electron chi connectivity index (χ3n) is 3.32. The lowest BCUT2D eigenvalue weighted by Gasteiger charge is -2.05. The number of nitro benzene ring substituents is 1. The highest BCUT2D eigenvalue weighted by Gasteiger charge is 2.23. The van der Waals surface area contributed by atoms with Gasteiger partial charge in [0, 0.05) is 12.1 Å². The van der Waals surface area contributed by atoms with Gasteiger partial charge in [-0.15, -0.1) is 0 Å². The summed E-state index contributed by atoms with van der Waals surface area (Å²) in [4.78, 5) is 21.5. The van der Waals surface area contributed by atoms with Gasteiger partial charge in [-0.25, -0.2) is 4.79 Å². The minimum absolute atomic E-state index is 0.0621. The highest BCUT2D eigenvalue weighted by molar-refractivity contribution is 6.07. The molecule has 0 saturated carbocycles. The predicted molar refractivity (Wildman–Crippen MR) is 82.2 cm³/mol. The van der Waals surface area contributed by atoms with Crippen molar-refractivity contribution >= 4 is 23.1 Å². The molecular weight excluding hydrogens is 302 g/mol. The molecule has 116 valence electrons. The molecule has 23 heavy (non-hydrogen) atoms. The summed E-state index contributed by atoms with van der Waals surface area (Å²) in [6, 6.07) is 10.6. The van der Waals surface area contributed by atoms with E-state index in [0.717, 1.165) is 0 Å². The molecule has 2 aromatic carbocycles. The van der Waals surface area contributed by atoms with E-state index in [1.165, 1.54) is 24.3 Å². The number of fused-ring (bicyclic) bond motifs is 1. The standard InChI is InChI=1S/C15H11N3O5/c19-15(20)10-3-1-2-4-12(10)16-17-13-8-23-14-6-5-9(18(21)22)7-11(13)14/h1-7,16H,8H2,(H,19,20)/b17-13+. The van der Waals surface area contributed by atoms with E-state index in [-0.39, 0.29) is 17.9 Å². The lowest BCUT2D eigenvalue weighted by molar-refractivity contribution is -0.384. The van der Waals surface area contributed by atoms with Gasteiger partial charge < -0.3 is 9.84 Å². The molecule has 1 aliphatic heterocycles. The fourth-order valence-corrected chi connectivity index (χ4v) is 2.19. The van der Waals surface area contributed by atoms with Gasteiger partial charge in [-0.1, -0.05) is 12.1 Å². The van der Waals surface area contributed by atoms with E-state index >= 15 is 0 Å². The fraction of sp³-hybridized carbons (Fsp3) is 0.0667. The summed E-state index contributed by atoms with van der Waals surface area (Å²) < 4.78 is 5.40. The van der Waals surface area contributed by atoms with E-state index in [4.69, 9.17) is 9.84 Å². The quantitative estimate of drug-likeness (QED) is 0.662. The van der Waals surface area contributed by atoms with Crippen LogP contribution < -0.4 is 10.2 Å². The van der Waals surface area contributed by atoms with E-state index in [9.17, 15) is 14.9 Å². The van der Waals surface area contributed by atoms with Crippen LogP contribution in [0.3, 0.4) is 0 Å². The summed E-state index contributed by atoms with van der Waals surface area (Å²) in [5, 5.41) is 24.1. The molecule has 0 unspecified atom stereocenters. The van der Waals surface area contributed by atoms with Gasteiger partial charge in [0.2, 0.25) is 0 Å². The van der Waals surface area contributed by atoms with Crippen LogP contribution in [-0.2, 0) is 0 Å². The molecule has 8 heteroatoms. The van der Waals surface area contributed by atoms with Crippen LogP contribution in [0, 0.1) is 10.1 Å².